The molecule has 0 unspecified atom stereocenters. The number of aryl methyl sites for hydroxylation is 1. The van der Waals surface area contributed by atoms with Gasteiger partial charge in [0.1, 0.15) is 0 Å². The van der Waals surface area contributed by atoms with Crippen molar-refractivity contribution in [1.82, 2.24) is 0 Å². The van der Waals surface area contributed by atoms with Gasteiger partial charge in [-0.15, -0.1) is 0 Å². The van der Waals surface area contributed by atoms with Crippen LogP contribution >= 0.6 is 0 Å². The van der Waals surface area contributed by atoms with Crippen molar-refractivity contribution >= 4 is 17.6 Å². The van der Waals surface area contributed by atoms with Crippen LogP contribution in [0.4, 0.5) is 0 Å². The number of carboxylic acids is 1. The minimum atomic E-state index is -0.965. The van der Waals surface area contributed by atoms with Crippen LogP contribution in [0.1, 0.15) is 37.0 Å². The highest BCUT2D eigenvalue weighted by molar-refractivity contribution is 6.20. The Hall–Kier alpha value is -2.75. The summed E-state index contributed by atoms with van der Waals surface area (Å²) >= 11 is 0. The van der Waals surface area contributed by atoms with E-state index in [0.717, 1.165) is 17.5 Å². The van der Waals surface area contributed by atoms with E-state index in [2.05, 4.69) is 0 Å². The summed E-state index contributed by atoms with van der Waals surface area (Å²) in [6, 6.07) is 12.9. The average molecular weight is 340 g/mol. The van der Waals surface area contributed by atoms with E-state index in [-0.39, 0.29) is 5.57 Å². The third-order valence-electron chi connectivity index (χ3n) is 3.63. The van der Waals surface area contributed by atoms with Gasteiger partial charge in [0.15, 0.2) is 11.5 Å². The van der Waals surface area contributed by atoms with Crippen molar-refractivity contribution < 1.29 is 19.4 Å². The zero-order valence-corrected chi connectivity index (χ0v) is 14.9. The Morgan fingerprint density at radius 3 is 2.36 bits per heavy atom. The molecule has 0 aromatic heterocycles. The molecule has 132 valence electrons. The molecule has 0 saturated carbocycles. The Bertz CT molecular complexity index is 745. The second-order valence-electron chi connectivity index (χ2n) is 5.72. The van der Waals surface area contributed by atoms with Crippen LogP contribution in [-0.2, 0) is 4.79 Å². The predicted molar refractivity (Wildman–Crippen MR) is 100 cm³/mol. The predicted octanol–water partition coefficient (Wildman–Crippen LogP) is 4.81. The second kappa shape index (κ2) is 8.92. The van der Waals surface area contributed by atoms with E-state index in [1.807, 2.05) is 63.2 Å². The standard InChI is InChI=1S/C21H24O4/c1-4-12-25-19-11-8-16(14-20(19)24-5-2)13-18(21(22)23)17-9-6-15(3)7-10-17/h6-11,13-14H,4-5,12H2,1-3H3,(H,22,23)/b18-13-. The molecular weight excluding hydrogens is 316 g/mol. The van der Waals surface area contributed by atoms with Gasteiger partial charge >= 0.3 is 5.97 Å². The zero-order chi connectivity index (χ0) is 18.2. The maximum atomic E-state index is 11.7. The van der Waals surface area contributed by atoms with Crippen LogP contribution in [0.3, 0.4) is 0 Å². The molecular formula is C21H24O4. The molecule has 0 fully saturated rings. The molecule has 0 amide bonds. The van der Waals surface area contributed by atoms with Crippen LogP contribution < -0.4 is 9.47 Å². The minimum Gasteiger partial charge on any atom is -0.490 e. The summed E-state index contributed by atoms with van der Waals surface area (Å²) in [5.41, 5.74) is 2.75. The normalized spacial score (nSPS) is 11.2. The lowest BCUT2D eigenvalue weighted by Crippen LogP contribution is -2.01. The van der Waals surface area contributed by atoms with Gasteiger partial charge in [-0.2, -0.15) is 0 Å². The summed E-state index contributed by atoms with van der Waals surface area (Å²) in [6.45, 7) is 7.04. The fourth-order valence-electron chi connectivity index (χ4n) is 2.38. The highest BCUT2D eigenvalue weighted by Gasteiger charge is 2.12. The molecule has 2 rings (SSSR count). The molecule has 2 aromatic rings. The zero-order valence-electron chi connectivity index (χ0n) is 14.9. The van der Waals surface area contributed by atoms with Crippen LogP contribution in [0.25, 0.3) is 11.6 Å². The van der Waals surface area contributed by atoms with E-state index < -0.39 is 5.97 Å². The van der Waals surface area contributed by atoms with Crippen molar-refractivity contribution in [1.29, 1.82) is 0 Å². The molecule has 0 bridgehead atoms. The van der Waals surface area contributed by atoms with Crippen LogP contribution in [0.15, 0.2) is 42.5 Å². The van der Waals surface area contributed by atoms with Crippen molar-refractivity contribution in [2.45, 2.75) is 27.2 Å². The summed E-state index contributed by atoms with van der Waals surface area (Å²) in [5.74, 6) is 0.333. The first-order valence-corrected chi connectivity index (χ1v) is 8.46. The lowest BCUT2D eigenvalue weighted by molar-refractivity contribution is -0.130. The molecule has 0 saturated heterocycles. The number of aliphatic carboxylic acids is 1. The highest BCUT2D eigenvalue weighted by Crippen LogP contribution is 2.30. The first kappa shape index (κ1) is 18.6. The van der Waals surface area contributed by atoms with Gasteiger partial charge in [0, 0.05) is 0 Å². The molecule has 25 heavy (non-hydrogen) atoms. The maximum absolute atomic E-state index is 11.7. The van der Waals surface area contributed by atoms with Gasteiger partial charge < -0.3 is 14.6 Å². The quantitative estimate of drug-likeness (QED) is 0.553. The average Bonchev–Trinajstić information content (AvgIpc) is 2.60. The van der Waals surface area contributed by atoms with Gasteiger partial charge in [-0.25, -0.2) is 4.79 Å². The van der Waals surface area contributed by atoms with E-state index in [1.54, 1.807) is 6.08 Å². The van der Waals surface area contributed by atoms with Crippen LogP contribution in [0.2, 0.25) is 0 Å². The number of benzene rings is 2. The summed E-state index contributed by atoms with van der Waals surface area (Å²) < 4.78 is 11.3. The van der Waals surface area contributed by atoms with E-state index in [0.29, 0.717) is 30.3 Å². The molecule has 0 spiro atoms. The molecule has 0 aliphatic carbocycles. The number of hydrogen-bond donors (Lipinski definition) is 1. The molecule has 0 aliphatic rings. The third kappa shape index (κ3) is 5.11. The Morgan fingerprint density at radius 2 is 1.76 bits per heavy atom. The summed E-state index contributed by atoms with van der Waals surface area (Å²) in [5, 5.41) is 9.58. The summed E-state index contributed by atoms with van der Waals surface area (Å²) in [4.78, 5) is 11.7. The molecule has 2 aromatic carbocycles. The van der Waals surface area contributed by atoms with Crippen molar-refractivity contribution in [2.24, 2.45) is 0 Å². The van der Waals surface area contributed by atoms with Crippen LogP contribution in [-0.4, -0.2) is 24.3 Å². The van der Waals surface area contributed by atoms with Crippen molar-refractivity contribution in [3.8, 4) is 11.5 Å². The first-order chi connectivity index (χ1) is 12.0. The van der Waals surface area contributed by atoms with Crippen LogP contribution in [0, 0.1) is 6.92 Å². The second-order valence-corrected chi connectivity index (χ2v) is 5.72. The van der Waals surface area contributed by atoms with Gasteiger partial charge in [0.05, 0.1) is 18.8 Å². The summed E-state index contributed by atoms with van der Waals surface area (Å²) in [6.07, 6.45) is 2.56. The highest BCUT2D eigenvalue weighted by atomic mass is 16.5. The van der Waals surface area contributed by atoms with Gasteiger partial charge in [0.25, 0.3) is 0 Å². The third-order valence-corrected chi connectivity index (χ3v) is 3.63. The lowest BCUT2D eigenvalue weighted by atomic mass is 10.0. The molecule has 1 N–H and O–H groups in total. The smallest absolute Gasteiger partial charge is 0.336 e. The largest absolute Gasteiger partial charge is 0.490 e. The first-order valence-electron chi connectivity index (χ1n) is 8.46. The van der Waals surface area contributed by atoms with E-state index >= 15 is 0 Å². The molecule has 4 heteroatoms. The summed E-state index contributed by atoms with van der Waals surface area (Å²) in [7, 11) is 0. The Balaban J connectivity index is 2.40. The van der Waals surface area contributed by atoms with E-state index in [4.69, 9.17) is 9.47 Å². The molecule has 0 heterocycles. The van der Waals surface area contributed by atoms with Gasteiger partial charge in [-0.1, -0.05) is 42.8 Å². The molecule has 0 aliphatic heterocycles. The monoisotopic (exact) mass is 340 g/mol. The maximum Gasteiger partial charge on any atom is 0.336 e. The SMILES string of the molecule is CCCOc1ccc(/C=C(\C(=O)O)c2ccc(C)cc2)cc1OCC. The topological polar surface area (TPSA) is 55.8 Å². The molecule has 4 nitrogen and oxygen atoms in total. The number of rotatable bonds is 8. The Kier molecular flexibility index (Phi) is 6.63. The van der Waals surface area contributed by atoms with Crippen molar-refractivity contribution in [3.05, 3.63) is 59.2 Å². The molecule has 0 atom stereocenters. The Morgan fingerprint density at radius 1 is 1.04 bits per heavy atom. The fraction of sp³-hybridized carbons (Fsp3) is 0.286. The van der Waals surface area contributed by atoms with Gasteiger partial charge in [0.2, 0.25) is 0 Å². The van der Waals surface area contributed by atoms with Crippen molar-refractivity contribution in [2.75, 3.05) is 13.2 Å². The fourth-order valence-corrected chi connectivity index (χ4v) is 2.38. The number of carboxylic acid groups (broad SMARTS) is 1. The number of carbonyl (C=O) groups is 1. The van der Waals surface area contributed by atoms with Crippen molar-refractivity contribution in [3.63, 3.8) is 0 Å². The van der Waals surface area contributed by atoms with E-state index in [1.165, 1.54) is 0 Å². The lowest BCUT2D eigenvalue weighted by Gasteiger charge is -2.12. The number of ether oxygens (including phenoxy) is 2. The minimum absolute atomic E-state index is 0.240. The van der Waals surface area contributed by atoms with Gasteiger partial charge in [-0.3, -0.25) is 0 Å². The number of hydrogen-bond acceptors (Lipinski definition) is 3. The molecule has 0 radical (unpaired) electrons. The van der Waals surface area contributed by atoms with Gasteiger partial charge in [-0.05, 0) is 49.6 Å². The van der Waals surface area contributed by atoms with E-state index in [9.17, 15) is 9.90 Å². The van der Waals surface area contributed by atoms with Crippen LogP contribution in [0.5, 0.6) is 11.5 Å². The Labute approximate surface area is 148 Å².